The molecule has 0 aromatic heterocycles. The maximum absolute atomic E-state index is 11.6. The highest BCUT2D eigenvalue weighted by atomic mass is 32.3. The van der Waals surface area contributed by atoms with Crippen LogP contribution in [0, 0.1) is 0 Å². The molecule has 1 aromatic carbocycles. The molecule has 0 bridgehead atoms. The van der Waals surface area contributed by atoms with Crippen molar-refractivity contribution in [3.05, 3.63) is 35.9 Å². The number of aliphatic hydroxyl groups is 1. The van der Waals surface area contributed by atoms with Gasteiger partial charge in [0.1, 0.15) is 24.4 Å². The van der Waals surface area contributed by atoms with Crippen molar-refractivity contribution in [1.82, 2.24) is 5.32 Å². The predicted octanol–water partition coefficient (Wildman–Crippen LogP) is -1.04. The summed E-state index contributed by atoms with van der Waals surface area (Å²) in [6, 6.07) is 8.06. The number of hydrogen-bond acceptors (Lipinski definition) is 9. The quantitative estimate of drug-likeness (QED) is 0.334. The molecule has 0 spiro atoms. The summed E-state index contributed by atoms with van der Waals surface area (Å²) in [4.78, 5) is 11.6. The topological polar surface area (TPSA) is 167 Å². The molecular formula is C17H26N2O9S. The van der Waals surface area contributed by atoms with Crippen LogP contribution >= 0.6 is 0 Å². The van der Waals surface area contributed by atoms with Crippen LogP contribution in [0.5, 0.6) is 0 Å². The Morgan fingerprint density at radius 2 is 1.97 bits per heavy atom. The number of carbonyl (C=O) groups is 1. The van der Waals surface area contributed by atoms with Gasteiger partial charge >= 0.3 is 10.4 Å². The normalized spacial score (nSPS) is 27.5. The van der Waals surface area contributed by atoms with E-state index in [4.69, 9.17) is 24.5 Å². The Bertz CT molecular complexity index is 747. The Labute approximate surface area is 169 Å². The number of benzene rings is 1. The Balaban J connectivity index is 2.20. The van der Waals surface area contributed by atoms with Gasteiger partial charge in [0.15, 0.2) is 6.29 Å². The second-order valence-electron chi connectivity index (χ2n) is 6.39. The Morgan fingerprint density at radius 1 is 1.28 bits per heavy atom. The standard InChI is InChI=1S/C17H26N2O9S/c1-11(20)19-14-15(21)16(26-9-12-5-3-2-4-6-12)13(10-27-29(22,23)24)28-17(14)25-8-7-18/h2-6,13-17,21H,7-10,18H2,1H3,(H,19,20)(H,22,23,24)/t13-,14-,15-,16-,17-/m1/s1. The molecule has 0 saturated carbocycles. The van der Waals surface area contributed by atoms with Gasteiger partial charge in [0.2, 0.25) is 5.91 Å². The van der Waals surface area contributed by atoms with Crippen molar-refractivity contribution in [1.29, 1.82) is 0 Å². The first-order chi connectivity index (χ1) is 13.7. The van der Waals surface area contributed by atoms with Crippen LogP contribution < -0.4 is 11.1 Å². The van der Waals surface area contributed by atoms with E-state index in [-0.39, 0.29) is 19.8 Å². The van der Waals surface area contributed by atoms with E-state index in [1.54, 1.807) is 12.1 Å². The Hall–Kier alpha value is -1.64. The molecule has 5 N–H and O–H groups in total. The molecule has 29 heavy (non-hydrogen) atoms. The van der Waals surface area contributed by atoms with Gasteiger partial charge in [-0.05, 0) is 5.56 Å². The molecule has 1 aliphatic rings. The zero-order valence-electron chi connectivity index (χ0n) is 15.8. The molecule has 1 saturated heterocycles. The van der Waals surface area contributed by atoms with Crippen molar-refractivity contribution < 1.29 is 41.3 Å². The zero-order chi connectivity index (χ0) is 21.4. The summed E-state index contributed by atoms with van der Waals surface area (Å²) in [5.74, 6) is -0.437. The highest BCUT2D eigenvalue weighted by Crippen LogP contribution is 2.26. The fourth-order valence-electron chi connectivity index (χ4n) is 2.89. The number of carbonyl (C=O) groups excluding carboxylic acids is 1. The molecule has 1 fully saturated rings. The smallest absolute Gasteiger partial charge is 0.388 e. The number of nitrogens with one attached hydrogen (secondary N) is 1. The number of ether oxygens (including phenoxy) is 3. The van der Waals surface area contributed by atoms with Crippen molar-refractivity contribution >= 4 is 16.3 Å². The average molecular weight is 434 g/mol. The summed E-state index contributed by atoms with van der Waals surface area (Å²) >= 11 is 0. The summed E-state index contributed by atoms with van der Waals surface area (Å²) in [6.45, 7) is 0.928. The van der Waals surface area contributed by atoms with Crippen molar-refractivity contribution in [3.63, 3.8) is 0 Å². The summed E-state index contributed by atoms with van der Waals surface area (Å²) in [7, 11) is -4.75. The second kappa shape index (κ2) is 10.9. The van der Waals surface area contributed by atoms with E-state index in [1.165, 1.54) is 6.92 Å². The van der Waals surface area contributed by atoms with Gasteiger partial charge < -0.3 is 30.4 Å². The maximum Gasteiger partial charge on any atom is 0.397 e. The number of rotatable bonds is 10. The second-order valence-corrected chi connectivity index (χ2v) is 7.48. The molecule has 0 unspecified atom stereocenters. The monoisotopic (exact) mass is 434 g/mol. The van der Waals surface area contributed by atoms with Gasteiger partial charge in [0.25, 0.3) is 0 Å². The van der Waals surface area contributed by atoms with Crippen LogP contribution in [0.4, 0.5) is 0 Å². The third-order valence-corrected chi connectivity index (χ3v) is 4.54. The number of nitrogens with two attached hydrogens (primary N) is 1. The van der Waals surface area contributed by atoms with Crippen LogP contribution in [0.3, 0.4) is 0 Å². The van der Waals surface area contributed by atoms with Crippen LogP contribution in [0.15, 0.2) is 30.3 Å². The van der Waals surface area contributed by atoms with Crippen molar-refractivity contribution in [3.8, 4) is 0 Å². The molecule has 0 aliphatic carbocycles. The molecule has 0 radical (unpaired) electrons. The SMILES string of the molecule is CC(=O)N[C@H]1[C@H](OCCN)O[C@H](COS(=O)(=O)O)[C@@H](OCc2ccccc2)[C@@H]1O. The third kappa shape index (κ3) is 7.60. The van der Waals surface area contributed by atoms with E-state index in [1.807, 2.05) is 18.2 Å². The van der Waals surface area contributed by atoms with Gasteiger partial charge in [0.05, 0.1) is 19.8 Å². The van der Waals surface area contributed by atoms with Gasteiger partial charge in [-0.25, -0.2) is 4.18 Å². The lowest BCUT2D eigenvalue weighted by Gasteiger charge is -2.44. The van der Waals surface area contributed by atoms with Gasteiger partial charge in [-0.3, -0.25) is 9.35 Å². The fourth-order valence-corrected chi connectivity index (χ4v) is 3.20. The predicted molar refractivity (Wildman–Crippen MR) is 99.8 cm³/mol. The highest BCUT2D eigenvalue weighted by molar-refractivity contribution is 7.80. The van der Waals surface area contributed by atoms with Crippen molar-refractivity contribution in [2.75, 3.05) is 19.8 Å². The van der Waals surface area contributed by atoms with E-state index in [9.17, 15) is 18.3 Å². The van der Waals surface area contributed by atoms with E-state index in [0.717, 1.165) is 5.56 Å². The molecule has 164 valence electrons. The van der Waals surface area contributed by atoms with E-state index < -0.39 is 53.6 Å². The molecule has 1 aromatic rings. The molecule has 12 heteroatoms. The van der Waals surface area contributed by atoms with Gasteiger partial charge in [-0.2, -0.15) is 8.42 Å². The number of hydrogen-bond donors (Lipinski definition) is 4. The first kappa shape index (κ1) is 23.6. The van der Waals surface area contributed by atoms with Gasteiger partial charge in [-0.15, -0.1) is 0 Å². The molecule has 1 aliphatic heterocycles. The van der Waals surface area contributed by atoms with Gasteiger partial charge in [0, 0.05) is 13.5 Å². The lowest BCUT2D eigenvalue weighted by molar-refractivity contribution is -0.277. The van der Waals surface area contributed by atoms with Crippen LogP contribution in [0.1, 0.15) is 12.5 Å². The molecule has 5 atom stereocenters. The average Bonchev–Trinajstić information content (AvgIpc) is 2.66. The summed E-state index contributed by atoms with van der Waals surface area (Å²) in [5, 5.41) is 13.4. The zero-order valence-corrected chi connectivity index (χ0v) is 16.7. The van der Waals surface area contributed by atoms with Crippen LogP contribution in [-0.2, 0) is 40.2 Å². The van der Waals surface area contributed by atoms with Crippen LogP contribution in [0.25, 0.3) is 0 Å². The van der Waals surface area contributed by atoms with Crippen LogP contribution in [-0.4, -0.2) is 74.4 Å². The summed E-state index contributed by atoms with van der Waals surface area (Å²) < 4.78 is 52.1. The molecule has 1 heterocycles. The number of aliphatic hydroxyl groups excluding tert-OH is 1. The first-order valence-electron chi connectivity index (χ1n) is 8.91. The van der Waals surface area contributed by atoms with E-state index in [2.05, 4.69) is 9.50 Å². The van der Waals surface area contributed by atoms with Crippen molar-refractivity contribution in [2.45, 2.75) is 44.2 Å². The lowest BCUT2D eigenvalue weighted by atomic mass is 9.96. The molecule has 1 amide bonds. The Morgan fingerprint density at radius 3 is 2.55 bits per heavy atom. The molecule has 2 rings (SSSR count). The fraction of sp³-hybridized carbons (Fsp3) is 0.588. The highest BCUT2D eigenvalue weighted by Gasteiger charge is 2.47. The van der Waals surface area contributed by atoms with Gasteiger partial charge in [-0.1, -0.05) is 30.3 Å². The number of amides is 1. The third-order valence-electron chi connectivity index (χ3n) is 4.11. The Kier molecular flexibility index (Phi) is 8.92. The van der Waals surface area contributed by atoms with E-state index in [0.29, 0.717) is 0 Å². The largest absolute Gasteiger partial charge is 0.397 e. The molecular weight excluding hydrogens is 408 g/mol. The molecule has 11 nitrogen and oxygen atoms in total. The van der Waals surface area contributed by atoms with E-state index >= 15 is 0 Å². The summed E-state index contributed by atoms with van der Waals surface area (Å²) in [6.07, 6.45) is -4.67. The van der Waals surface area contributed by atoms with Crippen molar-refractivity contribution in [2.24, 2.45) is 5.73 Å². The first-order valence-corrected chi connectivity index (χ1v) is 10.3. The minimum absolute atomic E-state index is 0.0644. The van der Waals surface area contributed by atoms with Crippen LogP contribution in [0.2, 0.25) is 0 Å². The maximum atomic E-state index is 11.6. The minimum atomic E-state index is -4.75. The summed E-state index contributed by atoms with van der Waals surface area (Å²) in [5.41, 5.74) is 6.22. The lowest BCUT2D eigenvalue weighted by Crippen LogP contribution is -2.65. The minimum Gasteiger partial charge on any atom is -0.388 e.